The van der Waals surface area contributed by atoms with E-state index >= 15 is 0 Å². The third-order valence-electron chi connectivity index (χ3n) is 3.39. The van der Waals surface area contributed by atoms with Crippen molar-refractivity contribution in [1.82, 2.24) is 4.57 Å². The van der Waals surface area contributed by atoms with Crippen LogP contribution in [0.25, 0.3) is 6.08 Å². The molecule has 0 unspecified atom stereocenters. The lowest BCUT2D eigenvalue weighted by Crippen LogP contribution is -2.16. The van der Waals surface area contributed by atoms with Crippen LogP contribution >= 0.6 is 0 Å². The maximum Gasteiger partial charge on any atom is 0.416 e. The molecule has 0 aliphatic rings. The molecule has 1 N–H and O–H groups in total. The first kappa shape index (κ1) is 20.3. The highest BCUT2D eigenvalue weighted by atomic mass is 19.4. The van der Waals surface area contributed by atoms with Crippen molar-refractivity contribution in [2.45, 2.75) is 12.4 Å². The number of amides is 1. The first-order chi connectivity index (χ1) is 12.4. The van der Waals surface area contributed by atoms with Gasteiger partial charge in [-0.15, -0.1) is 0 Å². The number of rotatable bonds is 3. The zero-order valence-corrected chi connectivity index (χ0v) is 13.7. The maximum atomic E-state index is 12.8. The molecule has 0 aliphatic carbocycles. The molecular weight excluding hydrogens is 378 g/mol. The highest BCUT2D eigenvalue weighted by molar-refractivity contribution is 6.01. The van der Waals surface area contributed by atoms with Crippen LogP contribution in [0.4, 0.5) is 32.0 Å². The molecule has 0 fully saturated rings. The van der Waals surface area contributed by atoms with Gasteiger partial charge in [0.2, 0.25) is 11.5 Å². The average molecular weight is 390 g/mol. The monoisotopic (exact) mass is 390 g/mol. The van der Waals surface area contributed by atoms with Gasteiger partial charge in [-0.25, -0.2) is 0 Å². The number of anilines is 1. The molecule has 10 heteroatoms. The number of benzene rings is 1. The molecule has 1 aromatic heterocycles. The van der Waals surface area contributed by atoms with Crippen molar-refractivity contribution >= 4 is 17.7 Å². The van der Waals surface area contributed by atoms with Crippen LogP contribution < -0.4 is 10.9 Å². The Labute approximate surface area is 148 Å². The van der Waals surface area contributed by atoms with Gasteiger partial charge in [0.1, 0.15) is 0 Å². The summed E-state index contributed by atoms with van der Waals surface area (Å²) < 4.78 is 77.9. The first-order valence-corrected chi connectivity index (χ1v) is 7.31. The standard InChI is InChI=1S/C17H12F6N2O2/c1-25-9-13(3-5-15(25)27)24-14(26)4-2-10-6-11(16(18,19)20)8-12(7-10)17(21,22)23/h2-9H,1H3,(H,24,26). The van der Waals surface area contributed by atoms with E-state index in [1.165, 1.54) is 29.9 Å². The quantitative estimate of drug-likeness (QED) is 0.635. The zero-order chi connectivity index (χ0) is 20.4. The molecular formula is C17H12F6N2O2. The normalized spacial score (nSPS) is 12.4. The molecule has 0 atom stereocenters. The molecule has 27 heavy (non-hydrogen) atoms. The van der Waals surface area contributed by atoms with Crippen LogP contribution in [0.1, 0.15) is 16.7 Å². The van der Waals surface area contributed by atoms with E-state index in [-0.39, 0.29) is 17.3 Å². The third-order valence-corrected chi connectivity index (χ3v) is 3.39. The molecule has 2 aromatic rings. The van der Waals surface area contributed by atoms with E-state index in [1.807, 2.05) is 0 Å². The zero-order valence-electron chi connectivity index (χ0n) is 13.7. The fourth-order valence-corrected chi connectivity index (χ4v) is 2.10. The number of carbonyl (C=O) groups excluding carboxylic acids is 1. The van der Waals surface area contributed by atoms with Crippen LogP contribution in [-0.2, 0) is 24.2 Å². The van der Waals surface area contributed by atoms with Crippen molar-refractivity contribution in [3.05, 3.63) is 69.6 Å². The Bertz CT molecular complexity index is 909. The molecule has 0 bridgehead atoms. The van der Waals surface area contributed by atoms with Gasteiger partial charge < -0.3 is 9.88 Å². The van der Waals surface area contributed by atoms with Gasteiger partial charge in [0.15, 0.2) is 0 Å². The van der Waals surface area contributed by atoms with Crippen molar-refractivity contribution in [2.75, 3.05) is 5.32 Å². The number of aryl methyl sites for hydroxylation is 1. The fourth-order valence-electron chi connectivity index (χ4n) is 2.10. The Kier molecular flexibility index (Phi) is 5.48. The average Bonchev–Trinajstić information content (AvgIpc) is 2.54. The third kappa shape index (κ3) is 5.47. The second-order valence-electron chi connectivity index (χ2n) is 5.53. The molecule has 0 aliphatic heterocycles. The van der Waals surface area contributed by atoms with E-state index in [4.69, 9.17) is 0 Å². The Hall–Kier alpha value is -3.04. The second-order valence-corrected chi connectivity index (χ2v) is 5.53. The van der Waals surface area contributed by atoms with Crippen molar-refractivity contribution in [3.8, 4) is 0 Å². The number of halogens is 6. The lowest BCUT2D eigenvalue weighted by atomic mass is 10.0. The van der Waals surface area contributed by atoms with Gasteiger partial charge in [-0.05, 0) is 35.9 Å². The van der Waals surface area contributed by atoms with Crippen molar-refractivity contribution < 1.29 is 31.1 Å². The van der Waals surface area contributed by atoms with E-state index in [0.717, 1.165) is 12.2 Å². The molecule has 0 spiro atoms. The van der Waals surface area contributed by atoms with Gasteiger partial charge in [0, 0.05) is 25.4 Å². The summed E-state index contributed by atoms with van der Waals surface area (Å²) in [6.45, 7) is 0. The number of alkyl halides is 6. The highest BCUT2D eigenvalue weighted by Gasteiger charge is 2.36. The van der Waals surface area contributed by atoms with E-state index in [1.54, 1.807) is 0 Å². The summed E-state index contributed by atoms with van der Waals surface area (Å²) in [5, 5.41) is 2.34. The number of aromatic nitrogens is 1. The minimum Gasteiger partial charge on any atom is -0.321 e. The Balaban J connectivity index is 2.27. The number of pyridine rings is 1. The summed E-state index contributed by atoms with van der Waals surface area (Å²) in [6, 6.07) is 3.50. The summed E-state index contributed by atoms with van der Waals surface area (Å²) in [4.78, 5) is 23.1. The van der Waals surface area contributed by atoms with Gasteiger partial charge >= 0.3 is 12.4 Å². The smallest absolute Gasteiger partial charge is 0.321 e. The minimum atomic E-state index is -4.97. The number of hydrogen-bond acceptors (Lipinski definition) is 2. The SMILES string of the molecule is Cn1cc(NC(=O)C=Cc2cc(C(F)(F)F)cc(C(F)(F)F)c2)ccc1=O. The number of nitrogens with one attached hydrogen (secondary N) is 1. The van der Waals surface area contributed by atoms with Gasteiger partial charge in [0.25, 0.3) is 0 Å². The van der Waals surface area contributed by atoms with Gasteiger partial charge in [0.05, 0.1) is 16.8 Å². The van der Waals surface area contributed by atoms with E-state index in [2.05, 4.69) is 5.32 Å². The van der Waals surface area contributed by atoms with Crippen LogP contribution in [0, 0.1) is 0 Å². The van der Waals surface area contributed by atoms with Crippen molar-refractivity contribution in [2.24, 2.45) is 7.05 Å². The summed E-state index contributed by atoms with van der Waals surface area (Å²) in [5.41, 5.74) is -3.49. The van der Waals surface area contributed by atoms with E-state index in [9.17, 15) is 35.9 Å². The lowest BCUT2D eigenvalue weighted by Gasteiger charge is -2.12. The van der Waals surface area contributed by atoms with Crippen molar-refractivity contribution in [1.29, 1.82) is 0 Å². The Morgan fingerprint density at radius 3 is 2.04 bits per heavy atom. The number of carbonyl (C=O) groups is 1. The van der Waals surface area contributed by atoms with Crippen LogP contribution in [0.5, 0.6) is 0 Å². The predicted octanol–water partition coefficient (Wildman–Crippen LogP) is 4.07. The molecule has 1 aromatic carbocycles. The van der Waals surface area contributed by atoms with Crippen molar-refractivity contribution in [3.63, 3.8) is 0 Å². The Morgan fingerprint density at radius 2 is 1.56 bits per heavy atom. The predicted molar refractivity (Wildman–Crippen MR) is 85.8 cm³/mol. The van der Waals surface area contributed by atoms with Crippen LogP contribution in [-0.4, -0.2) is 10.5 Å². The first-order valence-electron chi connectivity index (χ1n) is 7.31. The number of nitrogens with zero attached hydrogens (tertiary/aromatic N) is 1. The van der Waals surface area contributed by atoms with E-state index in [0.29, 0.717) is 12.1 Å². The van der Waals surface area contributed by atoms with Gasteiger partial charge in [-0.1, -0.05) is 0 Å². The lowest BCUT2D eigenvalue weighted by molar-refractivity contribution is -0.143. The summed E-state index contributed by atoms with van der Waals surface area (Å²) in [5.74, 6) is -0.792. The summed E-state index contributed by atoms with van der Waals surface area (Å²) in [7, 11) is 1.44. The molecule has 144 valence electrons. The molecule has 1 heterocycles. The van der Waals surface area contributed by atoms with Crippen LogP contribution in [0.3, 0.4) is 0 Å². The topological polar surface area (TPSA) is 51.1 Å². The second kappa shape index (κ2) is 7.29. The fraction of sp³-hybridized carbons (Fsp3) is 0.176. The Morgan fingerprint density at radius 1 is 1.00 bits per heavy atom. The molecule has 0 radical (unpaired) electrons. The number of hydrogen-bond donors (Lipinski definition) is 1. The largest absolute Gasteiger partial charge is 0.416 e. The molecule has 0 saturated heterocycles. The summed E-state index contributed by atoms with van der Waals surface area (Å²) >= 11 is 0. The van der Waals surface area contributed by atoms with Gasteiger partial charge in [-0.2, -0.15) is 26.3 Å². The minimum absolute atomic E-state index is 0.00188. The molecule has 0 saturated carbocycles. The summed E-state index contributed by atoms with van der Waals surface area (Å²) in [6.07, 6.45) is -7.01. The molecule has 4 nitrogen and oxygen atoms in total. The molecule has 2 rings (SSSR count). The maximum absolute atomic E-state index is 12.8. The van der Waals surface area contributed by atoms with Crippen LogP contribution in [0.15, 0.2) is 47.4 Å². The van der Waals surface area contributed by atoms with Crippen LogP contribution in [0.2, 0.25) is 0 Å². The van der Waals surface area contributed by atoms with E-state index < -0.39 is 35.0 Å². The van der Waals surface area contributed by atoms with Gasteiger partial charge in [-0.3, -0.25) is 9.59 Å². The highest BCUT2D eigenvalue weighted by Crippen LogP contribution is 2.36. The molecule has 1 amide bonds.